The van der Waals surface area contributed by atoms with Gasteiger partial charge in [0.25, 0.3) is 11.8 Å². The maximum Gasteiger partial charge on any atom is 0.276 e. The summed E-state index contributed by atoms with van der Waals surface area (Å²) in [6.07, 6.45) is 1.53. The molecule has 0 aliphatic carbocycles. The van der Waals surface area contributed by atoms with Crippen molar-refractivity contribution >= 4 is 22.8 Å². The highest BCUT2D eigenvalue weighted by Gasteiger charge is 2.20. The molecule has 164 valence electrons. The number of rotatable bonds is 5. The summed E-state index contributed by atoms with van der Waals surface area (Å²) >= 11 is 0. The molecule has 3 heterocycles. The Balaban J connectivity index is 1.52. The molecule has 32 heavy (non-hydrogen) atoms. The average molecular weight is 433 g/mol. The van der Waals surface area contributed by atoms with Gasteiger partial charge < -0.3 is 9.15 Å². The van der Waals surface area contributed by atoms with Gasteiger partial charge >= 0.3 is 0 Å². The van der Waals surface area contributed by atoms with Gasteiger partial charge in [-0.1, -0.05) is 18.2 Å². The van der Waals surface area contributed by atoms with Crippen LogP contribution in [0.3, 0.4) is 0 Å². The number of nitrogens with one attached hydrogen (secondary N) is 2. The number of pyridine rings is 1. The van der Waals surface area contributed by atoms with E-state index in [4.69, 9.17) is 9.15 Å². The first-order valence-corrected chi connectivity index (χ1v) is 10.0. The minimum atomic E-state index is -0.498. The third-order valence-corrected chi connectivity index (χ3v) is 5.06. The summed E-state index contributed by atoms with van der Waals surface area (Å²) in [5.41, 5.74) is 8.70. The van der Waals surface area contributed by atoms with E-state index in [9.17, 15) is 9.59 Å². The van der Waals surface area contributed by atoms with Crippen molar-refractivity contribution in [2.75, 3.05) is 6.61 Å². The van der Waals surface area contributed by atoms with Gasteiger partial charge in [0.2, 0.25) is 0 Å². The maximum absolute atomic E-state index is 13.0. The first kappa shape index (κ1) is 21.1. The number of ether oxygens (including phenoxy) is 1. The maximum atomic E-state index is 13.0. The summed E-state index contributed by atoms with van der Waals surface area (Å²) in [7, 11) is 1.75. The third-order valence-electron chi connectivity index (χ3n) is 5.06. The van der Waals surface area contributed by atoms with E-state index in [-0.39, 0.29) is 6.61 Å². The monoisotopic (exact) mass is 433 g/mol. The van der Waals surface area contributed by atoms with Crippen LogP contribution >= 0.6 is 0 Å². The molecule has 4 aromatic rings. The number of furan rings is 1. The van der Waals surface area contributed by atoms with Crippen LogP contribution in [0.4, 0.5) is 0 Å². The second kappa shape index (κ2) is 8.54. The smallest absolute Gasteiger partial charge is 0.276 e. The summed E-state index contributed by atoms with van der Waals surface area (Å²) in [6.45, 7) is 5.37. The van der Waals surface area contributed by atoms with E-state index >= 15 is 0 Å². The zero-order valence-electron chi connectivity index (χ0n) is 18.2. The SMILES string of the molecule is Cc1cccc(C)c1OCC(=O)NNC(=O)c1cc(-c2ccco2)nc2c1c(C)nn2C. The molecule has 0 fully saturated rings. The van der Waals surface area contributed by atoms with E-state index in [1.54, 1.807) is 36.9 Å². The van der Waals surface area contributed by atoms with E-state index in [1.807, 2.05) is 32.0 Å². The number of hydrogen-bond donors (Lipinski definition) is 2. The Kier molecular flexibility index (Phi) is 5.63. The lowest BCUT2D eigenvalue weighted by molar-refractivity contribution is -0.123. The predicted molar refractivity (Wildman–Crippen MR) is 118 cm³/mol. The van der Waals surface area contributed by atoms with Gasteiger partial charge in [0.15, 0.2) is 18.0 Å². The van der Waals surface area contributed by atoms with Gasteiger partial charge in [-0.05, 0) is 50.1 Å². The fourth-order valence-corrected chi connectivity index (χ4v) is 3.57. The Morgan fingerprint density at radius 1 is 1.09 bits per heavy atom. The number of carbonyl (C=O) groups excluding carboxylic acids is 2. The van der Waals surface area contributed by atoms with Crippen molar-refractivity contribution in [2.24, 2.45) is 7.05 Å². The highest BCUT2D eigenvalue weighted by molar-refractivity contribution is 6.07. The molecular formula is C23H23N5O4. The molecule has 2 N–H and O–H groups in total. The highest BCUT2D eigenvalue weighted by atomic mass is 16.5. The number of para-hydroxylation sites is 1. The van der Waals surface area contributed by atoms with E-state index < -0.39 is 11.8 Å². The lowest BCUT2D eigenvalue weighted by atomic mass is 10.1. The lowest BCUT2D eigenvalue weighted by Gasteiger charge is -2.13. The summed E-state index contributed by atoms with van der Waals surface area (Å²) in [5.74, 6) is 0.187. The molecule has 9 nitrogen and oxygen atoms in total. The molecule has 0 bridgehead atoms. The molecule has 4 rings (SSSR count). The van der Waals surface area contributed by atoms with Crippen LogP contribution in [0.2, 0.25) is 0 Å². The largest absolute Gasteiger partial charge is 0.483 e. The van der Waals surface area contributed by atoms with E-state index in [0.29, 0.717) is 39.5 Å². The minimum absolute atomic E-state index is 0.235. The molecule has 2 amide bonds. The molecule has 0 radical (unpaired) electrons. The minimum Gasteiger partial charge on any atom is -0.483 e. The van der Waals surface area contributed by atoms with Gasteiger partial charge in [0.1, 0.15) is 11.4 Å². The molecule has 9 heteroatoms. The number of hydrogen-bond acceptors (Lipinski definition) is 6. The Hall–Kier alpha value is -4.14. The molecule has 0 aliphatic rings. The Morgan fingerprint density at radius 2 is 1.84 bits per heavy atom. The molecule has 0 aliphatic heterocycles. The quantitative estimate of drug-likeness (QED) is 0.468. The Bertz CT molecular complexity index is 1290. The van der Waals surface area contributed by atoms with Crippen LogP contribution < -0.4 is 15.6 Å². The normalized spacial score (nSPS) is 10.9. The molecule has 0 spiro atoms. The van der Waals surface area contributed by atoms with Crippen LogP contribution in [0.15, 0.2) is 47.1 Å². The van der Waals surface area contributed by atoms with Crippen LogP contribution in [0, 0.1) is 20.8 Å². The van der Waals surface area contributed by atoms with Crippen molar-refractivity contribution < 1.29 is 18.7 Å². The number of benzene rings is 1. The summed E-state index contributed by atoms with van der Waals surface area (Å²) in [6, 6.07) is 10.8. The standard InChI is InChI=1S/C23H23N5O4/c1-13-7-5-8-14(2)21(13)32-12-19(29)25-26-23(30)16-11-17(18-9-6-10-31-18)24-22-20(16)15(3)27-28(22)4/h5-11H,12H2,1-4H3,(H,25,29)(H,26,30). The molecule has 0 atom stereocenters. The molecule has 3 aromatic heterocycles. The number of aromatic nitrogens is 3. The van der Waals surface area contributed by atoms with E-state index in [0.717, 1.165) is 11.1 Å². The first-order valence-electron chi connectivity index (χ1n) is 10.0. The van der Waals surface area contributed by atoms with Crippen molar-refractivity contribution in [1.29, 1.82) is 0 Å². The number of aryl methyl sites for hydroxylation is 4. The van der Waals surface area contributed by atoms with E-state index in [1.165, 1.54) is 6.26 Å². The van der Waals surface area contributed by atoms with Crippen LogP contribution in [-0.4, -0.2) is 33.2 Å². The Labute approximate surface area is 184 Å². The van der Waals surface area contributed by atoms with Crippen molar-refractivity contribution in [2.45, 2.75) is 20.8 Å². The number of hydrazine groups is 1. The second-order valence-electron chi connectivity index (χ2n) is 7.45. The number of fused-ring (bicyclic) bond motifs is 1. The van der Waals surface area contributed by atoms with Crippen LogP contribution in [0.25, 0.3) is 22.5 Å². The lowest BCUT2D eigenvalue weighted by Crippen LogP contribution is -2.44. The predicted octanol–water partition coefficient (Wildman–Crippen LogP) is 2.99. The van der Waals surface area contributed by atoms with Gasteiger partial charge in [-0.15, -0.1) is 0 Å². The number of nitrogens with zero attached hydrogens (tertiary/aromatic N) is 3. The van der Waals surface area contributed by atoms with E-state index in [2.05, 4.69) is 20.9 Å². The second-order valence-corrected chi connectivity index (χ2v) is 7.45. The van der Waals surface area contributed by atoms with Gasteiger partial charge in [-0.2, -0.15) is 5.10 Å². The molecule has 0 saturated carbocycles. The van der Waals surface area contributed by atoms with Crippen molar-refractivity contribution in [3.63, 3.8) is 0 Å². The Morgan fingerprint density at radius 3 is 2.53 bits per heavy atom. The fourth-order valence-electron chi connectivity index (χ4n) is 3.57. The zero-order chi connectivity index (χ0) is 22.8. The molecule has 1 aromatic carbocycles. The third kappa shape index (κ3) is 4.04. The number of carbonyl (C=O) groups is 2. The van der Waals surface area contributed by atoms with Gasteiger partial charge in [-0.25, -0.2) is 4.98 Å². The fraction of sp³-hybridized carbons (Fsp3) is 0.217. The average Bonchev–Trinajstić information content (AvgIpc) is 3.40. The molecular weight excluding hydrogens is 410 g/mol. The van der Waals surface area contributed by atoms with Crippen LogP contribution in [0.5, 0.6) is 5.75 Å². The first-order chi connectivity index (χ1) is 15.3. The molecule has 0 saturated heterocycles. The van der Waals surface area contributed by atoms with Gasteiger partial charge in [0, 0.05) is 7.05 Å². The van der Waals surface area contributed by atoms with Crippen LogP contribution in [0.1, 0.15) is 27.2 Å². The van der Waals surface area contributed by atoms with Crippen LogP contribution in [-0.2, 0) is 11.8 Å². The van der Waals surface area contributed by atoms with Crippen molar-refractivity contribution in [1.82, 2.24) is 25.6 Å². The zero-order valence-corrected chi connectivity index (χ0v) is 18.2. The number of amides is 2. The summed E-state index contributed by atoms with van der Waals surface area (Å²) in [5, 5.41) is 4.97. The van der Waals surface area contributed by atoms with Crippen molar-refractivity contribution in [3.05, 3.63) is 65.0 Å². The van der Waals surface area contributed by atoms with Crippen molar-refractivity contribution in [3.8, 4) is 17.2 Å². The van der Waals surface area contributed by atoms with Gasteiger partial charge in [0.05, 0.1) is 22.9 Å². The summed E-state index contributed by atoms with van der Waals surface area (Å²) < 4.78 is 12.7. The molecule has 0 unspecified atom stereocenters. The topological polar surface area (TPSA) is 111 Å². The summed E-state index contributed by atoms with van der Waals surface area (Å²) in [4.78, 5) is 29.8. The van der Waals surface area contributed by atoms with Gasteiger partial charge in [-0.3, -0.25) is 25.1 Å². The highest BCUT2D eigenvalue weighted by Crippen LogP contribution is 2.27.